The Kier molecular flexibility index (Phi) is 7.45. The number of carbonyl (C=O) groups is 1. The monoisotopic (exact) mass is 495 g/mol. The van der Waals surface area contributed by atoms with E-state index in [1.54, 1.807) is 30.3 Å². The molecule has 1 saturated heterocycles. The van der Waals surface area contributed by atoms with Gasteiger partial charge in [-0.25, -0.2) is 8.42 Å². The van der Waals surface area contributed by atoms with Gasteiger partial charge in [0.1, 0.15) is 11.5 Å². The van der Waals surface area contributed by atoms with Gasteiger partial charge >= 0.3 is 0 Å². The predicted octanol–water partition coefficient (Wildman–Crippen LogP) is 4.75. The quantitative estimate of drug-likeness (QED) is 0.468. The molecular weight excluding hydrogens is 466 g/mol. The molecule has 0 aromatic heterocycles. The average molecular weight is 496 g/mol. The third-order valence-corrected chi connectivity index (χ3v) is 7.31. The Bertz CT molecular complexity index is 1270. The van der Waals surface area contributed by atoms with Crippen molar-refractivity contribution >= 4 is 33.0 Å². The first-order valence-corrected chi connectivity index (χ1v) is 12.9. The SMILES string of the molecule is COc1ccc(OC)c(NS(=O)(=O)c2ccc(NC(=O)c3ccc(N4CCCCC4)cc3)cc2)c1. The molecule has 9 heteroatoms. The molecule has 0 saturated carbocycles. The largest absolute Gasteiger partial charge is 0.497 e. The first kappa shape index (κ1) is 24.4. The van der Waals surface area contributed by atoms with Gasteiger partial charge in [0, 0.05) is 36.1 Å². The third kappa shape index (κ3) is 5.86. The van der Waals surface area contributed by atoms with Crippen LogP contribution in [-0.2, 0) is 10.0 Å². The molecule has 8 nitrogen and oxygen atoms in total. The fourth-order valence-electron chi connectivity index (χ4n) is 3.99. The van der Waals surface area contributed by atoms with Gasteiger partial charge in [0.25, 0.3) is 15.9 Å². The molecule has 3 aromatic carbocycles. The number of anilines is 3. The number of amides is 1. The van der Waals surface area contributed by atoms with Crippen molar-refractivity contribution in [3.8, 4) is 11.5 Å². The zero-order chi connectivity index (χ0) is 24.8. The van der Waals surface area contributed by atoms with Crippen LogP contribution in [0.5, 0.6) is 11.5 Å². The second kappa shape index (κ2) is 10.7. The number of ether oxygens (including phenoxy) is 2. The smallest absolute Gasteiger partial charge is 0.262 e. The number of methoxy groups -OCH3 is 2. The van der Waals surface area contributed by atoms with Crippen molar-refractivity contribution < 1.29 is 22.7 Å². The maximum atomic E-state index is 12.9. The van der Waals surface area contributed by atoms with E-state index in [4.69, 9.17) is 9.47 Å². The highest BCUT2D eigenvalue weighted by Gasteiger charge is 2.18. The molecule has 35 heavy (non-hydrogen) atoms. The molecule has 184 valence electrons. The van der Waals surface area contributed by atoms with Gasteiger partial charge in [0.2, 0.25) is 0 Å². The number of piperidine rings is 1. The summed E-state index contributed by atoms with van der Waals surface area (Å²) in [6.45, 7) is 2.08. The Morgan fingerprint density at radius 1 is 0.857 bits per heavy atom. The average Bonchev–Trinajstić information content (AvgIpc) is 2.89. The van der Waals surface area contributed by atoms with Crippen molar-refractivity contribution in [1.82, 2.24) is 0 Å². The molecule has 4 rings (SSSR count). The number of nitrogens with zero attached hydrogens (tertiary/aromatic N) is 1. The lowest BCUT2D eigenvalue weighted by atomic mass is 10.1. The molecule has 0 bridgehead atoms. The van der Waals surface area contributed by atoms with Crippen LogP contribution in [0.3, 0.4) is 0 Å². The number of rotatable bonds is 8. The summed E-state index contributed by atoms with van der Waals surface area (Å²) in [7, 11) is -0.934. The zero-order valence-electron chi connectivity index (χ0n) is 19.8. The van der Waals surface area contributed by atoms with E-state index >= 15 is 0 Å². The highest BCUT2D eigenvalue weighted by atomic mass is 32.2. The van der Waals surface area contributed by atoms with Gasteiger partial charge in [-0.3, -0.25) is 9.52 Å². The summed E-state index contributed by atoms with van der Waals surface area (Å²) in [4.78, 5) is 15.1. The van der Waals surface area contributed by atoms with Gasteiger partial charge < -0.3 is 19.7 Å². The molecule has 1 aliphatic heterocycles. The van der Waals surface area contributed by atoms with Crippen LogP contribution in [-0.4, -0.2) is 41.6 Å². The molecule has 0 atom stereocenters. The van der Waals surface area contributed by atoms with Crippen LogP contribution in [0.2, 0.25) is 0 Å². The Morgan fingerprint density at radius 2 is 1.54 bits per heavy atom. The summed E-state index contributed by atoms with van der Waals surface area (Å²) in [5.41, 5.74) is 2.41. The lowest BCUT2D eigenvalue weighted by Gasteiger charge is -2.28. The number of hydrogen-bond donors (Lipinski definition) is 2. The number of nitrogens with one attached hydrogen (secondary N) is 2. The second-order valence-corrected chi connectivity index (χ2v) is 9.93. The van der Waals surface area contributed by atoms with Crippen molar-refractivity contribution in [1.29, 1.82) is 0 Å². The van der Waals surface area contributed by atoms with E-state index in [1.165, 1.54) is 45.6 Å². The Balaban J connectivity index is 1.42. The van der Waals surface area contributed by atoms with E-state index in [1.807, 2.05) is 24.3 Å². The molecule has 1 aliphatic rings. The lowest BCUT2D eigenvalue weighted by molar-refractivity contribution is 0.102. The van der Waals surface area contributed by atoms with Crippen LogP contribution >= 0.6 is 0 Å². The van der Waals surface area contributed by atoms with Crippen molar-refractivity contribution in [2.24, 2.45) is 0 Å². The summed E-state index contributed by atoms with van der Waals surface area (Å²) in [6.07, 6.45) is 3.65. The maximum absolute atomic E-state index is 12.9. The van der Waals surface area contributed by atoms with Gasteiger partial charge in [-0.1, -0.05) is 0 Å². The van der Waals surface area contributed by atoms with Crippen LogP contribution in [0.25, 0.3) is 0 Å². The van der Waals surface area contributed by atoms with Crippen LogP contribution in [0.4, 0.5) is 17.1 Å². The lowest BCUT2D eigenvalue weighted by Crippen LogP contribution is -2.29. The fourth-order valence-corrected chi connectivity index (χ4v) is 5.06. The van der Waals surface area contributed by atoms with Crippen LogP contribution < -0.4 is 24.4 Å². The highest BCUT2D eigenvalue weighted by Crippen LogP contribution is 2.31. The van der Waals surface area contributed by atoms with E-state index < -0.39 is 10.0 Å². The molecular formula is C26H29N3O5S. The zero-order valence-corrected chi connectivity index (χ0v) is 20.6. The number of benzene rings is 3. The summed E-state index contributed by atoms with van der Waals surface area (Å²) in [5.74, 6) is 0.597. The molecule has 1 heterocycles. The molecule has 1 amide bonds. The Morgan fingerprint density at radius 3 is 2.17 bits per heavy atom. The van der Waals surface area contributed by atoms with Crippen molar-refractivity contribution in [2.75, 3.05) is 42.2 Å². The summed E-state index contributed by atoms with van der Waals surface area (Å²) in [6, 6.07) is 18.4. The molecule has 0 radical (unpaired) electrons. The van der Waals surface area contributed by atoms with Crippen molar-refractivity contribution in [3.63, 3.8) is 0 Å². The maximum Gasteiger partial charge on any atom is 0.262 e. The molecule has 2 N–H and O–H groups in total. The van der Waals surface area contributed by atoms with Crippen molar-refractivity contribution in [2.45, 2.75) is 24.2 Å². The van der Waals surface area contributed by atoms with Crippen LogP contribution in [0.15, 0.2) is 71.6 Å². The summed E-state index contributed by atoms with van der Waals surface area (Å²) >= 11 is 0. The first-order chi connectivity index (χ1) is 16.9. The van der Waals surface area contributed by atoms with E-state index in [9.17, 15) is 13.2 Å². The van der Waals surface area contributed by atoms with Gasteiger partial charge in [-0.05, 0) is 79.9 Å². The van der Waals surface area contributed by atoms with Gasteiger partial charge in [0.15, 0.2) is 0 Å². The predicted molar refractivity (Wildman–Crippen MR) is 137 cm³/mol. The molecule has 3 aromatic rings. The summed E-state index contributed by atoms with van der Waals surface area (Å²) in [5, 5.41) is 2.81. The van der Waals surface area contributed by atoms with Crippen LogP contribution in [0.1, 0.15) is 29.6 Å². The van der Waals surface area contributed by atoms with Crippen LogP contribution in [0, 0.1) is 0 Å². The van der Waals surface area contributed by atoms with Crippen molar-refractivity contribution in [3.05, 3.63) is 72.3 Å². The summed E-state index contributed by atoms with van der Waals surface area (Å²) < 4.78 is 38.7. The fraction of sp³-hybridized carbons (Fsp3) is 0.269. The number of carbonyl (C=O) groups excluding carboxylic acids is 1. The third-order valence-electron chi connectivity index (χ3n) is 5.92. The molecule has 0 aliphatic carbocycles. The number of sulfonamides is 1. The van der Waals surface area contributed by atoms with Gasteiger partial charge in [0.05, 0.1) is 24.8 Å². The van der Waals surface area contributed by atoms with E-state index in [0.29, 0.717) is 22.7 Å². The molecule has 0 unspecified atom stereocenters. The standard InChI is InChI=1S/C26H29N3O5S/c1-33-22-12-15-25(34-2)24(18-22)28-35(31,32)23-13-8-20(9-14-23)27-26(30)19-6-10-21(11-7-19)29-16-4-3-5-17-29/h6-15,18,28H,3-5,16-17H2,1-2H3,(H,27,30). The topological polar surface area (TPSA) is 97.0 Å². The molecule has 1 fully saturated rings. The minimum Gasteiger partial charge on any atom is -0.497 e. The highest BCUT2D eigenvalue weighted by molar-refractivity contribution is 7.92. The molecule has 0 spiro atoms. The van der Waals surface area contributed by atoms with Gasteiger partial charge in [-0.2, -0.15) is 0 Å². The Hall–Kier alpha value is -3.72. The minimum absolute atomic E-state index is 0.0475. The second-order valence-electron chi connectivity index (χ2n) is 8.24. The van der Waals surface area contributed by atoms with Gasteiger partial charge in [-0.15, -0.1) is 0 Å². The minimum atomic E-state index is -3.89. The van der Waals surface area contributed by atoms with E-state index in [2.05, 4.69) is 14.9 Å². The Labute approximate surface area is 205 Å². The normalized spacial score (nSPS) is 13.7. The number of hydrogen-bond acceptors (Lipinski definition) is 6. The van der Waals surface area contributed by atoms with E-state index in [-0.39, 0.29) is 16.5 Å². The first-order valence-electron chi connectivity index (χ1n) is 11.4. The van der Waals surface area contributed by atoms with E-state index in [0.717, 1.165) is 18.8 Å².